The minimum Gasteiger partial charge on any atom is -0.462 e. The lowest BCUT2D eigenvalue weighted by Crippen LogP contribution is -2.37. The highest BCUT2D eigenvalue weighted by atomic mass is 32.1. The third-order valence-corrected chi connectivity index (χ3v) is 2.77. The van der Waals surface area contributed by atoms with Crippen molar-refractivity contribution in [1.82, 2.24) is 4.98 Å². The van der Waals surface area contributed by atoms with Gasteiger partial charge in [0.15, 0.2) is 0 Å². The standard InChI is InChI=1S/C8H12N2O2S/c1-5-4-13-8(10-5)12-7-3-11-2-6(7)9/h4,6-7H,2-3,9H2,1H3. The first kappa shape index (κ1) is 8.93. The van der Waals surface area contributed by atoms with Gasteiger partial charge in [0.1, 0.15) is 6.10 Å². The average Bonchev–Trinajstić information content (AvgIpc) is 2.64. The van der Waals surface area contributed by atoms with Crippen molar-refractivity contribution >= 4 is 11.3 Å². The van der Waals surface area contributed by atoms with Gasteiger partial charge in [-0.05, 0) is 6.92 Å². The van der Waals surface area contributed by atoms with E-state index in [1.165, 1.54) is 11.3 Å². The molecule has 0 bridgehead atoms. The summed E-state index contributed by atoms with van der Waals surface area (Å²) in [7, 11) is 0. The van der Waals surface area contributed by atoms with Crippen LogP contribution in [0.4, 0.5) is 0 Å². The Balaban J connectivity index is 1.97. The lowest BCUT2D eigenvalue weighted by atomic mass is 10.2. The molecule has 1 aliphatic rings. The van der Waals surface area contributed by atoms with Crippen LogP contribution in [0.25, 0.3) is 0 Å². The Morgan fingerprint density at radius 2 is 2.54 bits per heavy atom. The van der Waals surface area contributed by atoms with E-state index in [0.717, 1.165) is 5.69 Å². The molecular formula is C8H12N2O2S. The summed E-state index contributed by atoms with van der Waals surface area (Å²) in [6.07, 6.45) is -0.0365. The van der Waals surface area contributed by atoms with Crippen LogP contribution in [0.1, 0.15) is 5.69 Å². The van der Waals surface area contributed by atoms with Crippen LogP contribution in [-0.4, -0.2) is 30.3 Å². The van der Waals surface area contributed by atoms with Crippen molar-refractivity contribution in [1.29, 1.82) is 0 Å². The monoisotopic (exact) mass is 200 g/mol. The van der Waals surface area contributed by atoms with Crippen LogP contribution in [0, 0.1) is 6.92 Å². The molecule has 0 aromatic carbocycles. The fourth-order valence-corrected chi connectivity index (χ4v) is 1.89. The van der Waals surface area contributed by atoms with Crippen LogP contribution in [-0.2, 0) is 4.74 Å². The van der Waals surface area contributed by atoms with Gasteiger partial charge in [0, 0.05) is 5.38 Å². The first-order valence-electron chi connectivity index (χ1n) is 4.18. The zero-order valence-electron chi connectivity index (χ0n) is 7.40. The number of hydrogen-bond donors (Lipinski definition) is 1. The van der Waals surface area contributed by atoms with E-state index in [-0.39, 0.29) is 12.1 Å². The van der Waals surface area contributed by atoms with Gasteiger partial charge in [0.2, 0.25) is 0 Å². The van der Waals surface area contributed by atoms with E-state index in [1.54, 1.807) is 0 Å². The van der Waals surface area contributed by atoms with Crippen molar-refractivity contribution in [3.8, 4) is 5.19 Å². The van der Waals surface area contributed by atoms with Gasteiger partial charge in [0.05, 0.1) is 24.9 Å². The highest BCUT2D eigenvalue weighted by molar-refractivity contribution is 7.11. The van der Waals surface area contributed by atoms with Gasteiger partial charge in [-0.25, -0.2) is 4.98 Å². The summed E-state index contributed by atoms with van der Waals surface area (Å²) >= 11 is 1.49. The molecule has 1 aromatic heterocycles. The summed E-state index contributed by atoms with van der Waals surface area (Å²) in [5.74, 6) is 0. The second kappa shape index (κ2) is 3.61. The highest BCUT2D eigenvalue weighted by Crippen LogP contribution is 2.20. The van der Waals surface area contributed by atoms with Crippen molar-refractivity contribution in [2.45, 2.75) is 19.1 Å². The number of thiazole rings is 1. The Kier molecular flexibility index (Phi) is 2.48. The number of aromatic nitrogens is 1. The lowest BCUT2D eigenvalue weighted by molar-refractivity contribution is 0.140. The molecule has 13 heavy (non-hydrogen) atoms. The lowest BCUT2D eigenvalue weighted by Gasteiger charge is -2.12. The van der Waals surface area contributed by atoms with Crippen LogP contribution in [0.5, 0.6) is 5.19 Å². The summed E-state index contributed by atoms with van der Waals surface area (Å²) in [5, 5.41) is 2.64. The van der Waals surface area contributed by atoms with E-state index >= 15 is 0 Å². The van der Waals surface area contributed by atoms with Crippen molar-refractivity contribution < 1.29 is 9.47 Å². The molecule has 72 valence electrons. The van der Waals surface area contributed by atoms with E-state index in [9.17, 15) is 0 Å². The molecule has 0 aliphatic carbocycles. The molecule has 0 spiro atoms. The molecule has 0 radical (unpaired) electrons. The Bertz CT molecular complexity index is 289. The Morgan fingerprint density at radius 3 is 3.08 bits per heavy atom. The highest BCUT2D eigenvalue weighted by Gasteiger charge is 2.27. The number of hydrogen-bond acceptors (Lipinski definition) is 5. The minimum absolute atomic E-state index is 0.0239. The SMILES string of the molecule is Cc1csc(OC2COCC2N)n1. The zero-order valence-corrected chi connectivity index (χ0v) is 8.21. The van der Waals surface area contributed by atoms with Gasteiger partial charge in [0.25, 0.3) is 5.19 Å². The average molecular weight is 200 g/mol. The zero-order chi connectivity index (χ0) is 9.26. The first-order chi connectivity index (χ1) is 6.25. The minimum atomic E-state index is -0.0365. The summed E-state index contributed by atoms with van der Waals surface area (Å²) in [4.78, 5) is 4.19. The summed E-state index contributed by atoms with van der Waals surface area (Å²) in [6.45, 7) is 3.09. The molecule has 0 amide bonds. The van der Waals surface area contributed by atoms with Crippen molar-refractivity contribution in [3.63, 3.8) is 0 Å². The van der Waals surface area contributed by atoms with Crippen LogP contribution in [0.2, 0.25) is 0 Å². The van der Waals surface area contributed by atoms with E-state index in [2.05, 4.69) is 4.98 Å². The molecule has 2 rings (SSSR count). The fourth-order valence-electron chi connectivity index (χ4n) is 1.19. The van der Waals surface area contributed by atoms with Gasteiger partial charge >= 0.3 is 0 Å². The van der Waals surface area contributed by atoms with Gasteiger partial charge in [-0.1, -0.05) is 11.3 Å². The summed E-state index contributed by atoms with van der Waals surface area (Å²) < 4.78 is 10.7. The van der Waals surface area contributed by atoms with E-state index in [0.29, 0.717) is 18.4 Å². The van der Waals surface area contributed by atoms with E-state index < -0.39 is 0 Å². The molecule has 4 nitrogen and oxygen atoms in total. The Hall–Kier alpha value is -0.650. The second-order valence-corrected chi connectivity index (χ2v) is 3.93. The Morgan fingerprint density at radius 1 is 1.69 bits per heavy atom. The molecule has 1 saturated heterocycles. The smallest absolute Gasteiger partial charge is 0.273 e. The molecule has 2 heterocycles. The molecule has 2 unspecified atom stereocenters. The Labute approximate surface area is 80.7 Å². The van der Waals surface area contributed by atoms with Crippen molar-refractivity contribution in [2.75, 3.05) is 13.2 Å². The number of ether oxygens (including phenoxy) is 2. The number of nitrogens with two attached hydrogens (primary N) is 1. The van der Waals surface area contributed by atoms with Crippen molar-refractivity contribution in [2.24, 2.45) is 5.73 Å². The number of aryl methyl sites for hydroxylation is 1. The molecule has 2 N–H and O–H groups in total. The molecule has 1 aromatic rings. The molecule has 0 saturated carbocycles. The maximum atomic E-state index is 5.76. The normalized spacial score (nSPS) is 27.8. The predicted molar refractivity (Wildman–Crippen MR) is 50.1 cm³/mol. The van der Waals surface area contributed by atoms with Crippen LogP contribution < -0.4 is 10.5 Å². The van der Waals surface area contributed by atoms with Gasteiger partial charge in [-0.2, -0.15) is 0 Å². The molecule has 5 heteroatoms. The molecule has 1 aliphatic heterocycles. The quantitative estimate of drug-likeness (QED) is 0.757. The predicted octanol–water partition coefficient (Wildman–Crippen LogP) is 0.556. The fraction of sp³-hybridized carbons (Fsp3) is 0.625. The maximum absolute atomic E-state index is 5.76. The van der Waals surface area contributed by atoms with E-state index in [1.807, 2.05) is 12.3 Å². The summed E-state index contributed by atoms with van der Waals surface area (Å²) in [6, 6.07) is -0.0239. The largest absolute Gasteiger partial charge is 0.462 e. The number of rotatable bonds is 2. The maximum Gasteiger partial charge on any atom is 0.273 e. The topological polar surface area (TPSA) is 57.4 Å². The first-order valence-corrected chi connectivity index (χ1v) is 5.06. The van der Waals surface area contributed by atoms with Crippen LogP contribution in [0.3, 0.4) is 0 Å². The van der Waals surface area contributed by atoms with E-state index in [4.69, 9.17) is 15.2 Å². The number of nitrogens with zero attached hydrogens (tertiary/aromatic N) is 1. The summed E-state index contributed by atoms with van der Waals surface area (Å²) in [5.41, 5.74) is 6.74. The van der Waals surface area contributed by atoms with Gasteiger partial charge < -0.3 is 15.2 Å². The van der Waals surface area contributed by atoms with Crippen LogP contribution >= 0.6 is 11.3 Å². The molecule has 2 atom stereocenters. The second-order valence-electron chi connectivity index (χ2n) is 3.11. The van der Waals surface area contributed by atoms with Gasteiger partial charge in [-0.3, -0.25) is 0 Å². The third kappa shape index (κ3) is 1.99. The third-order valence-electron chi connectivity index (χ3n) is 1.92. The van der Waals surface area contributed by atoms with Crippen molar-refractivity contribution in [3.05, 3.63) is 11.1 Å². The molecular weight excluding hydrogens is 188 g/mol. The van der Waals surface area contributed by atoms with Crippen LogP contribution in [0.15, 0.2) is 5.38 Å². The molecule has 1 fully saturated rings. The van der Waals surface area contributed by atoms with Gasteiger partial charge in [-0.15, -0.1) is 0 Å².